The molecule has 2 N–H and O–H groups in total. The number of rotatable bonds is 1. The Kier molecular flexibility index (Phi) is 2.86. The van der Waals surface area contributed by atoms with Gasteiger partial charge in [0, 0.05) is 12.0 Å². The van der Waals surface area contributed by atoms with Crippen molar-refractivity contribution in [3.8, 4) is 0 Å². The molecule has 0 aromatic heterocycles. The quantitative estimate of drug-likeness (QED) is 0.716. The van der Waals surface area contributed by atoms with E-state index in [4.69, 9.17) is 4.74 Å². The number of fused-ring (bicyclic) bond motifs is 2. The SMILES string of the molecule is CC(C)(C)OC(=O)N[C@H]1[C@H]2CC[C@@H]1[C@@H](O)C2. The highest BCUT2D eigenvalue weighted by molar-refractivity contribution is 5.68. The Morgan fingerprint density at radius 3 is 2.50 bits per heavy atom. The lowest BCUT2D eigenvalue weighted by Crippen LogP contribution is -2.42. The third kappa shape index (κ3) is 2.32. The third-order valence-corrected chi connectivity index (χ3v) is 3.56. The highest BCUT2D eigenvalue weighted by atomic mass is 16.6. The van der Waals surface area contributed by atoms with Crippen LogP contribution in [0.3, 0.4) is 0 Å². The number of nitrogens with one attached hydrogen (secondary N) is 1. The van der Waals surface area contributed by atoms with Crippen molar-refractivity contribution in [2.24, 2.45) is 11.8 Å². The van der Waals surface area contributed by atoms with Gasteiger partial charge < -0.3 is 15.2 Å². The number of alkyl carbamates (subject to hydrolysis) is 1. The van der Waals surface area contributed by atoms with E-state index in [0.29, 0.717) is 5.92 Å². The number of hydrogen-bond donors (Lipinski definition) is 2. The molecule has 0 unspecified atom stereocenters. The molecule has 0 spiro atoms. The van der Waals surface area contributed by atoms with Gasteiger partial charge in [-0.25, -0.2) is 4.79 Å². The summed E-state index contributed by atoms with van der Waals surface area (Å²) in [6, 6.07) is 0.116. The molecular formula is C12H21NO3. The van der Waals surface area contributed by atoms with Gasteiger partial charge in [-0.3, -0.25) is 0 Å². The van der Waals surface area contributed by atoms with E-state index < -0.39 is 5.60 Å². The minimum absolute atomic E-state index is 0.116. The van der Waals surface area contributed by atoms with Crippen LogP contribution in [-0.4, -0.2) is 28.9 Å². The van der Waals surface area contributed by atoms with Crippen LogP contribution in [0, 0.1) is 11.8 Å². The lowest BCUT2D eigenvalue weighted by molar-refractivity contribution is 0.0479. The summed E-state index contributed by atoms with van der Waals surface area (Å²) in [5, 5.41) is 12.6. The fourth-order valence-electron chi connectivity index (χ4n) is 2.96. The zero-order valence-corrected chi connectivity index (χ0v) is 10.2. The molecule has 1 amide bonds. The maximum absolute atomic E-state index is 11.6. The number of ether oxygens (including phenoxy) is 1. The lowest BCUT2D eigenvalue weighted by Gasteiger charge is -2.23. The normalized spacial score (nSPS) is 37.5. The van der Waals surface area contributed by atoms with Crippen LogP contribution in [0.15, 0.2) is 0 Å². The summed E-state index contributed by atoms with van der Waals surface area (Å²) >= 11 is 0. The summed E-state index contributed by atoms with van der Waals surface area (Å²) in [6.45, 7) is 5.56. The predicted octanol–water partition coefficient (Wildman–Crippen LogP) is 1.67. The zero-order chi connectivity index (χ0) is 11.9. The molecule has 0 radical (unpaired) electrons. The van der Waals surface area contributed by atoms with Crippen molar-refractivity contribution in [3.63, 3.8) is 0 Å². The average molecular weight is 227 g/mol. The van der Waals surface area contributed by atoms with E-state index in [1.807, 2.05) is 20.8 Å². The van der Waals surface area contributed by atoms with E-state index in [1.54, 1.807) is 0 Å². The number of carbonyl (C=O) groups excluding carboxylic acids is 1. The van der Waals surface area contributed by atoms with Crippen molar-refractivity contribution in [1.82, 2.24) is 5.32 Å². The Morgan fingerprint density at radius 2 is 2.06 bits per heavy atom. The van der Waals surface area contributed by atoms with Crippen molar-refractivity contribution < 1.29 is 14.6 Å². The minimum Gasteiger partial charge on any atom is -0.444 e. The molecule has 0 heterocycles. The maximum Gasteiger partial charge on any atom is 0.407 e. The highest BCUT2D eigenvalue weighted by Crippen LogP contribution is 2.44. The van der Waals surface area contributed by atoms with E-state index in [2.05, 4.69) is 5.32 Å². The van der Waals surface area contributed by atoms with Crippen LogP contribution in [0.25, 0.3) is 0 Å². The molecule has 16 heavy (non-hydrogen) atoms. The summed E-state index contributed by atoms with van der Waals surface area (Å²) < 4.78 is 5.23. The van der Waals surface area contributed by atoms with Crippen LogP contribution in [0.1, 0.15) is 40.0 Å². The second kappa shape index (κ2) is 3.91. The van der Waals surface area contributed by atoms with Crippen LogP contribution in [0.2, 0.25) is 0 Å². The van der Waals surface area contributed by atoms with Gasteiger partial charge in [0.2, 0.25) is 0 Å². The van der Waals surface area contributed by atoms with E-state index in [0.717, 1.165) is 19.3 Å². The van der Waals surface area contributed by atoms with Crippen LogP contribution >= 0.6 is 0 Å². The molecule has 2 bridgehead atoms. The Balaban J connectivity index is 1.89. The molecule has 0 aliphatic heterocycles. The smallest absolute Gasteiger partial charge is 0.407 e. The molecule has 2 aliphatic carbocycles. The Bertz CT molecular complexity index is 284. The zero-order valence-electron chi connectivity index (χ0n) is 10.2. The molecule has 0 saturated heterocycles. The molecule has 0 aromatic carbocycles. The van der Waals surface area contributed by atoms with Gasteiger partial charge in [0.05, 0.1) is 6.10 Å². The van der Waals surface area contributed by atoms with Gasteiger partial charge in [-0.15, -0.1) is 0 Å². The molecule has 4 heteroatoms. The van der Waals surface area contributed by atoms with Crippen LogP contribution < -0.4 is 5.32 Å². The van der Waals surface area contributed by atoms with Crippen molar-refractivity contribution in [2.45, 2.75) is 57.8 Å². The first-order chi connectivity index (χ1) is 7.37. The second-order valence-electron chi connectivity index (χ2n) is 5.98. The summed E-state index contributed by atoms with van der Waals surface area (Å²) in [7, 11) is 0. The standard InChI is InChI=1S/C12H21NO3/c1-12(2,3)16-11(15)13-10-7-4-5-8(10)9(14)6-7/h7-10,14H,4-6H2,1-3H3,(H,13,15)/t7-,8+,9-,10-/m0/s1. The fraction of sp³-hybridized carbons (Fsp3) is 0.917. The number of aliphatic hydroxyl groups is 1. The van der Waals surface area contributed by atoms with Gasteiger partial charge >= 0.3 is 6.09 Å². The van der Waals surface area contributed by atoms with Gasteiger partial charge in [-0.05, 0) is 46.0 Å². The third-order valence-electron chi connectivity index (χ3n) is 3.56. The first-order valence-corrected chi connectivity index (χ1v) is 6.04. The lowest BCUT2D eigenvalue weighted by atomic mass is 9.98. The summed E-state index contributed by atoms with van der Waals surface area (Å²) in [5.74, 6) is 0.671. The van der Waals surface area contributed by atoms with E-state index >= 15 is 0 Å². The highest BCUT2D eigenvalue weighted by Gasteiger charge is 2.48. The molecule has 2 aliphatic rings. The molecule has 2 rings (SSSR count). The van der Waals surface area contributed by atoms with Crippen LogP contribution in [0.5, 0.6) is 0 Å². The van der Waals surface area contributed by atoms with Gasteiger partial charge in [0.1, 0.15) is 5.60 Å². The van der Waals surface area contributed by atoms with Gasteiger partial charge in [0.15, 0.2) is 0 Å². The van der Waals surface area contributed by atoms with Crippen molar-refractivity contribution in [1.29, 1.82) is 0 Å². The van der Waals surface area contributed by atoms with Crippen molar-refractivity contribution >= 4 is 6.09 Å². The number of carbonyl (C=O) groups is 1. The van der Waals surface area contributed by atoms with E-state index in [9.17, 15) is 9.90 Å². The fourth-order valence-corrected chi connectivity index (χ4v) is 2.96. The predicted molar refractivity (Wildman–Crippen MR) is 60.0 cm³/mol. The Labute approximate surface area is 96.4 Å². The van der Waals surface area contributed by atoms with Crippen molar-refractivity contribution in [2.75, 3.05) is 0 Å². The van der Waals surface area contributed by atoms with Gasteiger partial charge in [0.25, 0.3) is 0 Å². The number of aliphatic hydroxyl groups excluding tert-OH is 1. The summed E-state index contributed by atoms with van der Waals surface area (Å²) in [4.78, 5) is 11.6. The first-order valence-electron chi connectivity index (χ1n) is 6.04. The monoisotopic (exact) mass is 227 g/mol. The molecule has 4 atom stereocenters. The maximum atomic E-state index is 11.6. The average Bonchev–Trinajstić information content (AvgIpc) is 2.57. The van der Waals surface area contributed by atoms with Crippen LogP contribution in [0.4, 0.5) is 4.79 Å². The van der Waals surface area contributed by atoms with Gasteiger partial charge in [-0.2, -0.15) is 0 Å². The van der Waals surface area contributed by atoms with E-state index in [1.165, 1.54) is 0 Å². The molecule has 92 valence electrons. The number of amides is 1. The van der Waals surface area contributed by atoms with E-state index in [-0.39, 0.29) is 24.2 Å². The molecule has 4 nitrogen and oxygen atoms in total. The Morgan fingerprint density at radius 1 is 1.38 bits per heavy atom. The molecule has 2 saturated carbocycles. The first kappa shape index (κ1) is 11.7. The Hall–Kier alpha value is -0.770. The second-order valence-corrected chi connectivity index (χ2v) is 5.98. The molecular weight excluding hydrogens is 206 g/mol. The number of hydrogen-bond acceptors (Lipinski definition) is 3. The molecule has 0 aromatic rings. The summed E-state index contributed by atoms with van der Waals surface area (Å²) in [5.41, 5.74) is -0.458. The topological polar surface area (TPSA) is 58.6 Å². The largest absolute Gasteiger partial charge is 0.444 e. The minimum atomic E-state index is -0.458. The van der Waals surface area contributed by atoms with Gasteiger partial charge in [-0.1, -0.05) is 0 Å². The van der Waals surface area contributed by atoms with Crippen LogP contribution in [-0.2, 0) is 4.74 Å². The van der Waals surface area contributed by atoms with Crippen molar-refractivity contribution in [3.05, 3.63) is 0 Å². The summed E-state index contributed by atoms with van der Waals surface area (Å²) in [6.07, 6.45) is 2.36. The molecule has 2 fully saturated rings.